The molecule has 2 fully saturated rings. The lowest BCUT2D eigenvalue weighted by atomic mass is 9.74. The predicted octanol–water partition coefficient (Wildman–Crippen LogP) is 3.30. The zero-order chi connectivity index (χ0) is 23.1. The molecule has 0 saturated carbocycles. The monoisotopic (exact) mass is 449 g/mol. The number of urea groups is 1. The van der Waals surface area contributed by atoms with Crippen LogP contribution >= 0.6 is 0 Å². The van der Waals surface area contributed by atoms with Crippen LogP contribution in [0.5, 0.6) is 5.75 Å². The smallest absolute Gasteiger partial charge is 0.322 e. The fraction of sp³-hybridized carbons (Fsp3) is 0.423. The zero-order valence-electron chi connectivity index (χ0n) is 18.8. The lowest BCUT2D eigenvalue weighted by Gasteiger charge is -2.40. The van der Waals surface area contributed by atoms with Gasteiger partial charge in [0, 0.05) is 13.1 Å². The minimum atomic E-state index is -0.891. The van der Waals surface area contributed by atoms with E-state index in [4.69, 9.17) is 4.74 Å². The molecule has 2 heterocycles. The molecule has 2 aromatic rings. The first kappa shape index (κ1) is 22.8. The Hall–Kier alpha value is -3.35. The van der Waals surface area contributed by atoms with E-state index < -0.39 is 11.6 Å². The molecule has 2 aromatic carbocycles. The van der Waals surface area contributed by atoms with Crippen molar-refractivity contribution in [3.63, 3.8) is 0 Å². The van der Waals surface area contributed by atoms with Crippen LogP contribution in [0.4, 0.5) is 4.79 Å². The molecule has 7 heteroatoms. The molecule has 2 saturated heterocycles. The molecule has 2 N–H and O–H groups in total. The minimum absolute atomic E-state index is 0.00402. The first-order chi connectivity index (χ1) is 16.1. The number of hydrogen-bond acceptors (Lipinski definition) is 4. The molecular formula is C26H31N3O4. The zero-order valence-corrected chi connectivity index (χ0v) is 18.8. The van der Waals surface area contributed by atoms with Crippen molar-refractivity contribution in [2.75, 3.05) is 19.7 Å². The Morgan fingerprint density at radius 1 is 1.00 bits per heavy atom. The molecular weight excluding hydrogens is 418 g/mol. The molecule has 0 aromatic heterocycles. The maximum atomic E-state index is 12.8. The first-order valence-corrected chi connectivity index (χ1v) is 11.7. The molecule has 7 nitrogen and oxygen atoms in total. The predicted molar refractivity (Wildman–Crippen MR) is 125 cm³/mol. The van der Waals surface area contributed by atoms with E-state index in [9.17, 15) is 14.4 Å². The van der Waals surface area contributed by atoms with Crippen LogP contribution in [0.2, 0.25) is 0 Å². The summed E-state index contributed by atoms with van der Waals surface area (Å²) in [6.45, 7) is 1.50. The minimum Gasteiger partial charge on any atom is -0.493 e. The largest absolute Gasteiger partial charge is 0.493 e. The van der Waals surface area contributed by atoms with Gasteiger partial charge >= 0.3 is 6.03 Å². The van der Waals surface area contributed by atoms with Crippen molar-refractivity contribution in [2.45, 2.75) is 44.1 Å². The fourth-order valence-electron chi connectivity index (χ4n) is 4.94. The number of aryl methyl sites for hydroxylation is 1. The number of hydrogen-bond donors (Lipinski definition) is 2. The summed E-state index contributed by atoms with van der Waals surface area (Å²) in [7, 11) is 0. The molecule has 174 valence electrons. The molecule has 0 radical (unpaired) electrons. The third kappa shape index (κ3) is 5.53. The molecule has 4 rings (SSSR count). The van der Waals surface area contributed by atoms with Gasteiger partial charge in [-0.25, -0.2) is 4.79 Å². The highest BCUT2D eigenvalue weighted by Gasteiger charge is 2.51. The van der Waals surface area contributed by atoms with E-state index in [1.54, 1.807) is 0 Å². The number of imide groups is 1. The summed E-state index contributed by atoms with van der Waals surface area (Å²) >= 11 is 0. The Balaban J connectivity index is 1.30. The van der Waals surface area contributed by atoms with E-state index in [-0.39, 0.29) is 17.7 Å². The number of piperidine rings is 1. The van der Waals surface area contributed by atoms with Crippen molar-refractivity contribution < 1.29 is 19.1 Å². The normalized spacial score (nSPS) is 20.9. The summed E-state index contributed by atoms with van der Waals surface area (Å²) in [5, 5.41) is 5.39. The molecule has 0 aliphatic carbocycles. The summed E-state index contributed by atoms with van der Waals surface area (Å²) < 4.78 is 5.64. The Morgan fingerprint density at radius 3 is 2.30 bits per heavy atom. The number of carbonyl (C=O) groups excluding carboxylic acids is 3. The number of carbonyl (C=O) groups is 3. The van der Waals surface area contributed by atoms with Gasteiger partial charge in [-0.2, -0.15) is 0 Å². The highest BCUT2D eigenvalue weighted by molar-refractivity contribution is 6.07. The topological polar surface area (TPSA) is 87.7 Å². The summed E-state index contributed by atoms with van der Waals surface area (Å²) in [4.78, 5) is 39.4. The van der Waals surface area contributed by atoms with E-state index in [0.29, 0.717) is 45.4 Å². The molecule has 2 aliphatic rings. The molecule has 0 unspecified atom stereocenters. The van der Waals surface area contributed by atoms with E-state index in [1.807, 2.05) is 53.4 Å². The van der Waals surface area contributed by atoms with Gasteiger partial charge in [-0.15, -0.1) is 0 Å². The summed E-state index contributed by atoms with van der Waals surface area (Å²) in [6.07, 6.45) is 3.93. The maximum Gasteiger partial charge on any atom is 0.322 e. The van der Waals surface area contributed by atoms with E-state index in [0.717, 1.165) is 18.6 Å². The van der Waals surface area contributed by atoms with Crippen molar-refractivity contribution >= 4 is 17.8 Å². The molecule has 0 spiro atoms. The van der Waals surface area contributed by atoms with Gasteiger partial charge in [-0.1, -0.05) is 48.5 Å². The Bertz CT molecular complexity index is 958. The van der Waals surface area contributed by atoms with Gasteiger partial charge in [0.25, 0.3) is 5.91 Å². The standard InChI is InChI=1S/C26H31N3O4/c30-23(15-19-33-22-11-5-2-6-12-22)29-17-13-21(14-18-29)26(24(31)27-25(32)28-26)16-7-10-20-8-3-1-4-9-20/h1-6,8-9,11-12,21H,7,10,13-19H2,(H2,27,28,31,32)/t26-/m1/s1. The van der Waals surface area contributed by atoms with Gasteiger partial charge in [0.15, 0.2) is 0 Å². The summed E-state index contributed by atoms with van der Waals surface area (Å²) in [5.41, 5.74) is 0.327. The van der Waals surface area contributed by atoms with Crippen LogP contribution in [0.3, 0.4) is 0 Å². The van der Waals surface area contributed by atoms with Crippen LogP contribution in [0.25, 0.3) is 0 Å². The van der Waals surface area contributed by atoms with Crippen molar-refractivity contribution in [1.29, 1.82) is 0 Å². The fourth-order valence-corrected chi connectivity index (χ4v) is 4.94. The Labute approximate surface area is 194 Å². The molecule has 1 atom stereocenters. The van der Waals surface area contributed by atoms with Gasteiger partial charge in [0.2, 0.25) is 5.91 Å². The van der Waals surface area contributed by atoms with E-state index in [1.165, 1.54) is 5.56 Å². The van der Waals surface area contributed by atoms with Crippen molar-refractivity contribution in [1.82, 2.24) is 15.5 Å². The molecule has 2 aliphatic heterocycles. The summed E-state index contributed by atoms with van der Waals surface area (Å²) in [6, 6.07) is 19.2. The van der Waals surface area contributed by atoms with Crippen LogP contribution in [0.15, 0.2) is 60.7 Å². The average molecular weight is 450 g/mol. The number of likely N-dealkylation sites (tertiary alicyclic amines) is 1. The average Bonchev–Trinajstić information content (AvgIpc) is 3.14. The number of amides is 4. The number of rotatable bonds is 9. The van der Waals surface area contributed by atoms with Gasteiger partial charge in [-0.05, 0) is 55.7 Å². The second-order valence-electron chi connectivity index (χ2n) is 8.79. The summed E-state index contributed by atoms with van der Waals surface area (Å²) in [5.74, 6) is 0.581. The van der Waals surface area contributed by atoms with Crippen molar-refractivity contribution in [2.24, 2.45) is 5.92 Å². The third-order valence-corrected chi connectivity index (χ3v) is 6.72. The lowest BCUT2D eigenvalue weighted by molar-refractivity contribution is -0.134. The van der Waals surface area contributed by atoms with Gasteiger partial charge < -0.3 is 15.0 Å². The van der Waals surface area contributed by atoms with Crippen molar-refractivity contribution in [3.05, 3.63) is 66.2 Å². The quantitative estimate of drug-likeness (QED) is 0.575. The van der Waals surface area contributed by atoms with Gasteiger partial charge in [0.1, 0.15) is 11.3 Å². The van der Waals surface area contributed by atoms with E-state index in [2.05, 4.69) is 22.8 Å². The number of para-hydroxylation sites is 1. The molecule has 4 amide bonds. The second-order valence-corrected chi connectivity index (χ2v) is 8.79. The SMILES string of the molecule is O=C1NC(=O)[C@@](CCCc2ccccc2)(C2CCN(C(=O)CCOc3ccccc3)CC2)N1. The van der Waals surface area contributed by atoms with Crippen molar-refractivity contribution in [3.8, 4) is 5.75 Å². The molecule has 0 bridgehead atoms. The first-order valence-electron chi connectivity index (χ1n) is 11.7. The van der Waals surface area contributed by atoms with Gasteiger partial charge in [0.05, 0.1) is 13.0 Å². The maximum absolute atomic E-state index is 12.8. The Morgan fingerprint density at radius 2 is 1.67 bits per heavy atom. The molecule has 33 heavy (non-hydrogen) atoms. The number of nitrogens with zero attached hydrogens (tertiary/aromatic N) is 1. The van der Waals surface area contributed by atoms with Crippen LogP contribution in [-0.2, 0) is 16.0 Å². The second kappa shape index (κ2) is 10.5. The van der Waals surface area contributed by atoms with E-state index >= 15 is 0 Å². The number of benzene rings is 2. The van der Waals surface area contributed by atoms with Crippen LogP contribution < -0.4 is 15.4 Å². The van der Waals surface area contributed by atoms with Crippen LogP contribution in [0, 0.1) is 5.92 Å². The number of nitrogens with one attached hydrogen (secondary N) is 2. The third-order valence-electron chi connectivity index (χ3n) is 6.72. The van der Waals surface area contributed by atoms with Crippen LogP contribution in [0.1, 0.15) is 37.7 Å². The lowest BCUT2D eigenvalue weighted by Crippen LogP contribution is -2.56. The highest BCUT2D eigenvalue weighted by atomic mass is 16.5. The number of ether oxygens (including phenoxy) is 1. The van der Waals surface area contributed by atoms with Crippen LogP contribution in [-0.4, -0.2) is 48.0 Å². The van der Waals surface area contributed by atoms with Gasteiger partial charge in [-0.3, -0.25) is 14.9 Å². The highest BCUT2D eigenvalue weighted by Crippen LogP contribution is 2.35. The Kier molecular flexibility index (Phi) is 7.27.